The molecule has 6 heteroatoms. The van der Waals surface area contributed by atoms with Gasteiger partial charge in [-0.1, -0.05) is 42.8 Å². The number of rotatable bonds is 5. The number of amides is 2. The van der Waals surface area contributed by atoms with Gasteiger partial charge in [0.25, 0.3) is 11.8 Å². The van der Waals surface area contributed by atoms with Crippen LogP contribution in [0.5, 0.6) is 5.75 Å². The standard InChI is InChI=1S/C20H19ClN2O3/c1-3-13(2)26-18-10-9-14(12-17(18)21)11-16-19(24)22-23(20(16)25)15-7-5-4-6-8-15/h4-13H,3H2,1-2H3,(H,22,24)/b16-11-/t13-/m0/s1. The maximum Gasteiger partial charge on any atom is 0.282 e. The highest BCUT2D eigenvalue weighted by Crippen LogP contribution is 2.28. The lowest BCUT2D eigenvalue weighted by molar-refractivity contribution is -0.117. The van der Waals surface area contributed by atoms with Gasteiger partial charge in [0, 0.05) is 0 Å². The van der Waals surface area contributed by atoms with E-state index in [1.807, 2.05) is 19.9 Å². The highest BCUT2D eigenvalue weighted by atomic mass is 35.5. The molecule has 1 atom stereocenters. The molecule has 1 aliphatic heterocycles. The van der Waals surface area contributed by atoms with Crippen molar-refractivity contribution in [2.24, 2.45) is 0 Å². The summed E-state index contributed by atoms with van der Waals surface area (Å²) in [5.41, 5.74) is 3.88. The highest BCUT2D eigenvalue weighted by Gasteiger charge is 2.34. The molecule has 0 radical (unpaired) electrons. The quantitative estimate of drug-likeness (QED) is 0.639. The lowest BCUT2D eigenvalue weighted by atomic mass is 10.1. The summed E-state index contributed by atoms with van der Waals surface area (Å²) in [4.78, 5) is 24.8. The van der Waals surface area contributed by atoms with Crippen LogP contribution in [0, 0.1) is 0 Å². The van der Waals surface area contributed by atoms with Gasteiger partial charge in [0.1, 0.15) is 11.3 Å². The Hall–Kier alpha value is -2.79. The molecule has 1 fully saturated rings. The van der Waals surface area contributed by atoms with E-state index in [0.29, 0.717) is 22.0 Å². The van der Waals surface area contributed by atoms with Crippen molar-refractivity contribution in [3.05, 3.63) is 64.7 Å². The Morgan fingerprint density at radius 3 is 2.58 bits per heavy atom. The van der Waals surface area contributed by atoms with Gasteiger partial charge in [0.2, 0.25) is 0 Å². The summed E-state index contributed by atoms with van der Waals surface area (Å²) in [7, 11) is 0. The second-order valence-corrected chi connectivity index (χ2v) is 6.41. The molecule has 1 aliphatic rings. The molecule has 3 rings (SSSR count). The first-order valence-electron chi connectivity index (χ1n) is 8.38. The van der Waals surface area contributed by atoms with Crippen LogP contribution >= 0.6 is 11.6 Å². The second-order valence-electron chi connectivity index (χ2n) is 6.00. The Balaban J connectivity index is 1.84. The number of para-hydroxylation sites is 1. The van der Waals surface area contributed by atoms with Crippen molar-refractivity contribution in [2.75, 3.05) is 5.01 Å². The molecular formula is C20H19ClN2O3. The van der Waals surface area contributed by atoms with E-state index in [-0.39, 0.29) is 11.7 Å². The topological polar surface area (TPSA) is 58.6 Å². The normalized spacial score (nSPS) is 16.7. The van der Waals surface area contributed by atoms with Crippen molar-refractivity contribution in [2.45, 2.75) is 26.4 Å². The summed E-state index contributed by atoms with van der Waals surface area (Å²) in [6.45, 7) is 3.99. The lowest BCUT2D eigenvalue weighted by Crippen LogP contribution is -2.35. The average molecular weight is 371 g/mol. The summed E-state index contributed by atoms with van der Waals surface area (Å²) >= 11 is 6.26. The van der Waals surface area contributed by atoms with Gasteiger partial charge < -0.3 is 4.74 Å². The van der Waals surface area contributed by atoms with Gasteiger partial charge in [-0.25, -0.2) is 5.01 Å². The van der Waals surface area contributed by atoms with Crippen LogP contribution < -0.4 is 15.2 Å². The molecule has 2 aromatic rings. The molecule has 134 valence electrons. The number of carbonyl (C=O) groups is 2. The minimum absolute atomic E-state index is 0.0540. The Morgan fingerprint density at radius 1 is 1.19 bits per heavy atom. The van der Waals surface area contributed by atoms with Crippen LogP contribution in [0.2, 0.25) is 5.02 Å². The summed E-state index contributed by atoms with van der Waals surface area (Å²) in [5, 5.41) is 1.67. The first kappa shape index (κ1) is 18.0. The van der Waals surface area contributed by atoms with Crippen LogP contribution in [0.3, 0.4) is 0 Å². The molecule has 0 aromatic heterocycles. The van der Waals surface area contributed by atoms with Gasteiger partial charge in [0.15, 0.2) is 0 Å². The van der Waals surface area contributed by atoms with E-state index in [4.69, 9.17) is 16.3 Å². The van der Waals surface area contributed by atoms with Crippen LogP contribution in [0.1, 0.15) is 25.8 Å². The highest BCUT2D eigenvalue weighted by molar-refractivity contribution is 6.33. The molecule has 1 heterocycles. The zero-order valence-corrected chi connectivity index (χ0v) is 15.3. The molecule has 26 heavy (non-hydrogen) atoms. The third-order valence-electron chi connectivity index (χ3n) is 4.08. The Bertz CT molecular complexity index is 865. The van der Waals surface area contributed by atoms with E-state index in [9.17, 15) is 9.59 Å². The molecule has 5 nitrogen and oxygen atoms in total. The Morgan fingerprint density at radius 2 is 1.92 bits per heavy atom. The molecule has 1 N–H and O–H groups in total. The molecule has 0 unspecified atom stereocenters. The van der Waals surface area contributed by atoms with E-state index in [0.717, 1.165) is 6.42 Å². The molecule has 2 amide bonds. The monoisotopic (exact) mass is 370 g/mol. The fraction of sp³-hybridized carbons (Fsp3) is 0.200. The van der Waals surface area contributed by atoms with Gasteiger partial charge in [-0.2, -0.15) is 0 Å². The third-order valence-corrected chi connectivity index (χ3v) is 4.37. The molecule has 0 saturated carbocycles. The first-order valence-corrected chi connectivity index (χ1v) is 8.75. The third kappa shape index (κ3) is 3.73. The van der Waals surface area contributed by atoms with Crippen molar-refractivity contribution in [3.8, 4) is 5.75 Å². The number of carbonyl (C=O) groups excluding carboxylic acids is 2. The number of halogens is 1. The lowest BCUT2D eigenvalue weighted by Gasteiger charge is -2.14. The van der Waals surface area contributed by atoms with E-state index < -0.39 is 11.8 Å². The summed E-state index contributed by atoms with van der Waals surface area (Å²) < 4.78 is 5.73. The zero-order valence-electron chi connectivity index (χ0n) is 14.5. The number of nitrogens with one attached hydrogen (secondary N) is 1. The van der Waals surface area contributed by atoms with Gasteiger partial charge in [-0.05, 0) is 49.2 Å². The number of hydrogen-bond donors (Lipinski definition) is 1. The average Bonchev–Trinajstić information content (AvgIpc) is 2.92. The first-order chi connectivity index (χ1) is 12.5. The van der Waals surface area contributed by atoms with Gasteiger partial charge >= 0.3 is 0 Å². The van der Waals surface area contributed by atoms with E-state index in [1.54, 1.807) is 42.5 Å². The number of ether oxygens (including phenoxy) is 1. The van der Waals surface area contributed by atoms with Crippen LogP contribution in [-0.2, 0) is 9.59 Å². The Kier molecular flexibility index (Phi) is 5.28. The minimum atomic E-state index is -0.449. The Labute approximate surface area is 157 Å². The van der Waals surface area contributed by atoms with Gasteiger partial charge in [0.05, 0.1) is 16.8 Å². The maximum atomic E-state index is 12.6. The van der Waals surface area contributed by atoms with E-state index in [1.165, 1.54) is 11.1 Å². The van der Waals surface area contributed by atoms with Crippen LogP contribution in [-0.4, -0.2) is 17.9 Å². The van der Waals surface area contributed by atoms with Crippen molar-refractivity contribution >= 4 is 35.2 Å². The fourth-order valence-corrected chi connectivity index (χ4v) is 2.72. The molecule has 2 aromatic carbocycles. The number of anilines is 1. The summed E-state index contributed by atoms with van der Waals surface area (Å²) in [5.74, 6) is -0.275. The largest absolute Gasteiger partial charge is 0.489 e. The molecular weight excluding hydrogens is 352 g/mol. The number of nitrogens with zero attached hydrogens (tertiary/aromatic N) is 1. The SMILES string of the molecule is CC[C@H](C)Oc1ccc(/C=C2/C(=O)NN(c3ccccc3)C2=O)cc1Cl. The van der Waals surface area contributed by atoms with Gasteiger partial charge in [-0.3, -0.25) is 15.0 Å². The number of hydrogen-bond acceptors (Lipinski definition) is 3. The molecule has 1 saturated heterocycles. The zero-order chi connectivity index (χ0) is 18.7. The van der Waals surface area contributed by atoms with Crippen molar-refractivity contribution in [3.63, 3.8) is 0 Å². The summed E-state index contributed by atoms with van der Waals surface area (Å²) in [6.07, 6.45) is 2.45. The van der Waals surface area contributed by atoms with E-state index >= 15 is 0 Å². The van der Waals surface area contributed by atoms with Crippen molar-refractivity contribution in [1.82, 2.24) is 5.43 Å². The smallest absolute Gasteiger partial charge is 0.282 e. The summed E-state index contributed by atoms with van der Waals surface area (Å²) in [6, 6.07) is 14.1. The molecule has 0 aliphatic carbocycles. The van der Waals surface area contributed by atoms with Crippen molar-refractivity contribution < 1.29 is 14.3 Å². The van der Waals surface area contributed by atoms with Crippen LogP contribution in [0.15, 0.2) is 54.1 Å². The minimum Gasteiger partial charge on any atom is -0.489 e. The van der Waals surface area contributed by atoms with Crippen LogP contribution in [0.4, 0.5) is 5.69 Å². The fourth-order valence-electron chi connectivity index (χ4n) is 2.49. The molecule has 0 spiro atoms. The molecule has 0 bridgehead atoms. The predicted molar refractivity (Wildman–Crippen MR) is 102 cm³/mol. The number of hydrazine groups is 1. The number of benzene rings is 2. The second kappa shape index (κ2) is 7.62. The van der Waals surface area contributed by atoms with Crippen LogP contribution in [0.25, 0.3) is 6.08 Å². The van der Waals surface area contributed by atoms with E-state index in [2.05, 4.69) is 5.43 Å². The maximum absolute atomic E-state index is 12.6. The van der Waals surface area contributed by atoms with Gasteiger partial charge in [-0.15, -0.1) is 0 Å². The van der Waals surface area contributed by atoms with Crippen molar-refractivity contribution in [1.29, 1.82) is 0 Å². The predicted octanol–water partition coefficient (Wildman–Crippen LogP) is 3.98.